The van der Waals surface area contributed by atoms with Gasteiger partial charge in [0.15, 0.2) is 0 Å². The Balaban J connectivity index is 1.99. The number of nitrogens with two attached hydrogens (primary N) is 1. The van der Waals surface area contributed by atoms with Crippen LogP contribution in [0.25, 0.3) is 23.1 Å². The van der Waals surface area contributed by atoms with E-state index in [-0.39, 0.29) is 0 Å². The second-order valence-electron chi connectivity index (χ2n) is 4.25. The number of hydrogen-bond donors (Lipinski definition) is 1. The van der Waals surface area contributed by atoms with Crippen molar-refractivity contribution < 1.29 is 4.52 Å². The number of nitrogen functional groups attached to an aromatic ring is 1. The molecule has 6 nitrogen and oxygen atoms in total. The van der Waals surface area contributed by atoms with Crippen LogP contribution in [0, 0.1) is 6.92 Å². The lowest BCUT2D eigenvalue weighted by atomic mass is 10.2. The fraction of sp³-hybridized carbons (Fsp3) is 0.0769. The number of nitrogens with zero attached hydrogens (tertiary/aromatic N) is 4. The Morgan fingerprint density at radius 3 is 2.60 bits per heavy atom. The van der Waals surface area contributed by atoms with Crippen LogP contribution in [0.4, 0.5) is 5.69 Å². The number of rotatable bonds is 2. The molecule has 0 atom stereocenters. The molecule has 0 saturated heterocycles. The minimum atomic E-state index is 0.300. The van der Waals surface area contributed by atoms with Gasteiger partial charge in [-0.05, 0) is 30.7 Å². The molecule has 2 heterocycles. The predicted molar refractivity (Wildman–Crippen MR) is 74.9 cm³/mol. The van der Waals surface area contributed by atoms with Gasteiger partial charge in [0.05, 0.1) is 10.6 Å². The van der Waals surface area contributed by atoms with Gasteiger partial charge in [-0.25, -0.2) is 9.97 Å². The second-order valence-corrected chi connectivity index (χ2v) is 4.65. The Morgan fingerprint density at radius 1 is 1.15 bits per heavy atom. The van der Waals surface area contributed by atoms with Crippen molar-refractivity contribution in [1.29, 1.82) is 0 Å². The van der Waals surface area contributed by atoms with Gasteiger partial charge in [0.25, 0.3) is 5.89 Å². The molecule has 0 spiro atoms. The zero-order chi connectivity index (χ0) is 14.1. The van der Waals surface area contributed by atoms with Crippen molar-refractivity contribution in [1.82, 2.24) is 20.1 Å². The van der Waals surface area contributed by atoms with E-state index in [0.29, 0.717) is 33.8 Å². The number of aromatic nitrogens is 4. The maximum absolute atomic E-state index is 6.10. The van der Waals surface area contributed by atoms with Gasteiger partial charge < -0.3 is 10.3 Å². The third-order valence-electron chi connectivity index (χ3n) is 2.63. The van der Waals surface area contributed by atoms with Gasteiger partial charge in [0, 0.05) is 18.1 Å². The highest BCUT2D eigenvalue weighted by molar-refractivity contribution is 6.33. The molecule has 0 unspecified atom stereocenters. The smallest absolute Gasteiger partial charge is 0.259 e. The van der Waals surface area contributed by atoms with Gasteiger partial charge >= 0.3 is 0 Å². The molecule has 0 saturated carbocycles. The quantitative estimate of drug-likeness (QED) is 0.729. The number of halogens is 1. The fourth-order valence-corrected chi connectivity index (χ4v) is 1.91. The van der Waals surface area contributed by atoms with E-state index in [1.54, 1.807) is 30.6 Å². The average Bonchev–Trinajstić information content (AvgIpc) is 2.89. The summed E-state index contributed by atoms with van der Waals surface area (Å²) in [5.74, 6) is 1.01. The van der Waals surface area contributed by atoms with E-state index in [9.17, 15) is 0 Å². The van der Waals surface area contributed by atoms with Crippen LogP contribution in [-0.4, -0.2) is 20.1 Å². The lowest BCUT2D eigenvalue weighted by molar-refractivity contribution is 0.432. The Labute approximate surface area is 119 Å². The first-order valence-electron chi connectivity index (χ1n) is 5.81. The van der Waals surface area contributed by atoms with Crippen molar-refractivity contribution in [3.05, 3.63) is 41.2 Å². The SMILES string of the molecule is Cc1cnc(-c2noc(-c3ccc(N)cc3Cl)n2)nc1. The molecule has 0 amide bonds. The standard InChI is InChI=1S/C13H10ClN5O/c1-7-5-16-11(17-6-7)12-18-13(20-19-12)9-3-2-8(15)4-10(9)14/h2-6H,15H2,1H3. The molecule has 20 heavy (non-hydrogen) atoms. The summed E-state index contributed by atoms with van der Waals surface area (Å²) >= 11 is 6.10. The van der Waals surface area contributed by atoms with Crippen LogP contribution in [-0.2, 0) is 0 Å². The Hall–Kier alpha value is -2.47. The van der Waals surface area contributed by atoms with Crippen LogP contribution in [0.5, 0.6) is 0 Å². The molecule has 3 rings (SSSR count). The molecule has 0 aliphatic carbocycles. The maximum Gasteiger partial charge on any atom is 0.259 e. The predicted octanol–water partition coefficient (Wildman–Crippen LogP) is 2.74. The highest BCUT2D eigenvalue weighted by atomic mass is 35.5. The van der Waals surface area contributed by atoms with E-state index < -0.39 is 0 Å². The molecule has 0 fully saturated rings. The average molecular weight is 288 g/mol. The lowest BCUT2D eigenvalue weighted by Gasteiger charge is -1.99. The first-order valence-corrected chi connectivity index (χ1v) is 6.19. The summed E-state index contributed by atoms with van der Waals surface area (Å²) in [6.45, 7) is 1.90. The van der Waals surface area contributed by atoms with Crippen molar-refractivity contribution >= 4 is 17.3 Å². The maximum atomic E-state index is 6.10. The lowest BCUT2D eigenvalue weighted by Crippen LogP contribution is -1.91. The fourth-order valence-electron chi connectivity index (χ4n) is 1.64. The molecule has 0 aliphatic heterocycles. The van der Waals surface area contributed by atoms with E-state index in [0.717, 1.165) is 5.56 Å². The van der Waals surface area contributed by atoms with Crippen molar-refractivity contribution in [3.63, 3.8) is 0 Å². The molecule has 100 valence electrons. The van der Waals surface area contributed by atoms with Gasteiger partial charge in [-0.2, -0.15) is 4.98 Å². The molecule has 7 heteroatoms. The summed E-state index contributed by atoms with van der Waals surface area (Å²) in [5, 5.41) is 4.30. The minimum Gasteiger partial charge on any atom is -0.399 e. The molecular formula is C13H10ClN5O. The van der Waals surface area contributed by atoms with Gasteiger partial charge in [-0.15, -0.1) is 0 Å². The summed E-state index contributed by atoms with van der Waals surface area (Å²) < 4.78 is 5.19. The summed E-state index contributed by atoms with van der Waals surface area (Å²) in [5.41, 5.74) is 7.79. The molecule has 2 aromatic heterocycles. The van der Waals surface area contributed by atoms with E-state index >= 15 is 0 Å². The van der Waals surface area contributed by atoms with Crippen LogP contribution in [0.15, 0.2) is 35.1 Å². The van der Waals surface area contributed by atoms with Crippen molar-refractivity contribution in [2.75, 3.05) is 5.73 Å². The summed E-state index contributed by atoms with van der Waals surface area (Å²) in [4.78, 5) is 12.5. The number of benzene rings is 1. The highest BCUT2D eigenvalue weighted by Gasteiger charge is 2.15. The summed E-state index contributed by atoms with van der Waals surface area (Å²) in [7, 11) is 0. The minimum absolute atomic E-state index is 0.300. The Bertz CT molecular complexity index is 754. The largest absolute Gasteiger partial charge is 0.399 e. The van der Waals surface area contributed by atoms with Crippen molar-refractivity contribution in [2.45, 2.75) is 6.92 Å². The Morgan fingerprint density at radius 2 is 1.90 bits per heavy atom. The molecular weight excluding hydrogens is 278 g/mol. The van der Waals surface area contributed by atoms with Gasteiger partial charge in [0.2, 0.25) is 11.6 Å². The van der Waals surface area contributed by atoms with Gasteiger partial charge in [-0.1, -0.05) is 16.8 Å². The molecule has 0 bridgehead atoms. The molecule has 1 aromatic carbocycles. The van der Waals surface area contributed by atoms with Crippen LogP contribution in [0.2, 0.25) is 5.02 Å². The summed E-state index contributed by atoms with van der Waals surface area (Å²) in [6, 6.07) is 5.07. The second kappa shape index (κ2) is 4.90. The third-order valence-corrected chi connectivity index (χ3v) is 2.94. The van der Waals surface area contributed by atoms with Crippen molar-refractivity contribution in [2.24, 2.45) is 0 Å². The highest BCUT2D eigenvalue weighted by Crippen LogP contribution is 2.29. The first kappa shape index (κ1) is 12.6. The molecule has 3 aromatic rings. The molecule has 0 radical (unpaired) electrons. The van der Waals surface area contributed by atoms with Crippen LogP contribution in [0.1, 0.15) is 5.56 Å². The van der Waals surface area contributed by atoms with Crippen LogP contribution in [0.3, 0.4) is 0 Å². The van der Waals surface area contributed by atoms with Crippen LogP contribution >= 0.6 is 11.6 Å². The number of anilines is 1. The Kier molecular flexibility index (Phi) is 3.08. The normalized spacial score (nSPS) is 10.7. The van der Waals surface area contributed by atoms with E-state index in [4.69, 9.17) is 21.9 Å². The monoisotopic (exact) mass is 287 g/mol. The number of hydrogen-bond acceptors (Lipinski definition) is 6. The van der Waals surface area contributed by atoms with Gasteiger partial charge in [-0.3, -0.25) is 0 Å². The van der Waals surface area contributed by atoms with E-state index in [1.807, 2.05) is 6.92 Å². The van der Waals surface area contributed by atoms with Crippen LogP contribution < -0.4 is 5.73 Å². The number of aryl methyl sites for hydroxylation is 1. The van der Waals surface area contributed by atoms with E-state index in [2.05, 4.69) is 20.1 Å². The molecule has 0 aliphatic rings. The zero-order valence-electron chi connectivity index (χ0n) is 10.5. The van der Waals surface area contributed by atoms with Crippen molar-refractivity contribution in [3.8, 4) is 23.1 Å². The first-order chi connectivity index (χ1) is 9.63. The van der Waals surface area contributed by atoms with E-state index in [1.165, 1.54) is 0 Å². The topological polar surface area (TPSA) is 90.7 Å². The van der Waals surface area contributed by atoms with Gasteiger partial charge in [0.1, 0.15) is 0 Å². The molecule has 2 N–H and O–H groups in total. The third kappa shape index (κ3) is 2.33. The summed E-state index contributed by atoms with van der Waals surface area (Å²) in [6.07, 6.45) is 3.38. The zero-order valence-corrected chi connectivity index (χ0v) is 11.3.